The highest BCUT2D eigenvalue weighted by molar-refractivity contribution is 5.92. The number of likely N-dealkylation sites (N-methyl/N-ethyl adjacent to an activating group) is 1. The fourth-order valence-corrected chi connectivity index (χ4v) is 4.23. The molecule has 0 aromatic heterocycles. The SMILES string of the molecule is CC(C)C(=O)Nc1ccc(C2(C(=O)N(C)Cc3ccccc3)CCCCC2)cc1. The number of benzene rings is 2. The molecule has 1 fully saturated rings. The van der Waals surface area contributed by atoms with Gasteiger partial charge in [0.1, 0.15) is 0 Å². The molecule has 1 aliphatic rings. The smallest absolute Gasteiger partial charge is 0.233 e. The zero-order valence-corrected chi connectivity index (χ0v) is 17.8. The fraction of sp³-hybridized carbons (Fsp3) is 0.440. The number of hydrogen-bond donors (Lipinski definition) is 1. The number of rotatable bonds is 6. The predicted molar refractivity (Wildman–Crippen MR) is 118 cm³/mol. The molecule has 1 saturated carbocycles. The lowest BCUT2D eigenvalue weighted by molar-refractivity contribution is -0.138. The number of nitrogens with one attached hydrogen (secondary N) is 1. The Labute approximate surface area is 174 Å². The Hall–Kier alpha value is -2.62. The summed E-state index contributed by atoms with van der Waals surface area (Å²) in [6.07, 6.45) is 5.07. The molecule has 0 spiro atoms. The van der Waals surface area contributed by atoms with E-state index in [9.17, 15) is 9.59 Å². The second kappa shape index (κ2) is 9.25. The van der Waals surface area contributed by atoms with Gasteiger partial charge in [0.05, 0.1) is 5.41 Å². The molecule has 0 bridgehead atoms. The molecule has 0 saturated heterocycles. The van der Waals surface area contributed by atoms with Crippen molar-refractivity contribution < 1.29 is 9.59 Å². The van der Waals surface area contributed by atoms with Crippen molar-refractivity contribution in [2.45, 2.75) is 57.9 Å². The van der Waals surface area contributed by atoms with Gasteiger partial charge in [-0.1, -0.05) is 75.6 Å². The minimum absolute atomic E-state index is 0.00352. The maximum Gasteiger partial charge on any atom is 0.233 e. The summed E-state index contributed by atoms with van der Waals surface area (Å²) in [5, 5.41) is 2.93. The van der Waals surface area contributed by atoms with Crippen LogP contribution in [0.1, 0.15) is 57.1 Å². The largest absolute Gasteiger partial charge is 0.341 e. The van der Waals surface area contributed by atoms with Crippen LogP contribution in [-0.4, -0.2) is 23.8 Å². The molecular weight excluding hydrogens is 360 g/mol. The second-order valence-corrected chi connectivity index (χ2v) is 8.51. The molecule has 1 N–H and O–H groups in total. The molecule has 154 valence electrons. The standard InChI is InChI=1S/C25H32N2O2/c1-19(2)23(28)26-22-14-12-21(13-15-22)25(16-8-5-9-17-25)24(29)27(3)18-20-10-6-4-7-11-20/h4,6-7,10-15,19H,5,8-9,16-18H2,1-3H3,(H,26,28). The molecule has 0 atom stereocenters. The molecule has 4 nitrogen and oxygen atoms in total. The van der Waals surface area contributed by atoms with Crippen LogP contribution >= 0.6 is 0 Å². The van der Waals surface area contributed by atoms with E-state index >= 15 is 0 Å². The normalized spacial score (nSPS) is 15.7. The lowest BCUT2D eigenvalue weighted by atomic mass is 9.68. The Balaban J connectivity index is 1.82. The van der Waals surface area contributed by atoms with E-state index in [0.29, 0.717) is 6.54 Å². The summed E-state index contributed by atoms with van der Waals surface area (Å²) >= 11 is 0. The van der Waals surface area contributed by atoms with Crippen molar-refractivity contribution in [1.29, 1.82) is 0 Å². The number of amides is 2. The fourth-order valence-electron chi connectivity index (χ4n) is 4.23. The topological polar surface area (TPSA) is 49.4 Å². The monoisotopic (exact) mass is 392 g/mol. The van der Waals surface area contributed by atoms with Crippen molar-refractivity contribution in [3.63, 3.8) is 0 Å². The minimum Gasteiger partial charge on any atom is -0.341 e. The average Bonchev–Trinajstić information content (AvgIpc) is 2.74. The first-order chi connectivity index (χ1) is 13.9. The highest BCUT2D eigenvalue weighted by Crippen LogP contribution is 2.41. The van der Waals surface area contributed by atoms with Crippen LogP contribution in [0.4, 0.5) is 5.69 Å². The van der Waals surface area contributed by atoms with E-state index < -0.39 is 5.41 Å². The van der Waals surface area contributed by atoms with E-state index in [0.717, 1.165) is 42.5 Å². The first-order valence-corrected chi connectivity index (χ1v) is 10.6. The maximum atomic E-state index is 13.6. The second-order valence-electron chi connectivity index (χ2n) is 8.51. The van der Waals surface area contributed by atoms with E-state index in [1.807, 2.05) is 68.3 Å². The van der Waals surface area contributed by atoms with Crippen molar-refractivity contribution in [1.82, 2.24) is 4.90 Å². The molecule has 4 heteroatoms. The van der Waals surface area contributed by atoms with Gasteiger partial charge in [-0.2, -0.15) is 0 Å². The van der Waals surface area contributed by atoms with Crippen molar-refractivity contribution >= 4 is 17.5 Å². The third kappa shape index (κ3) is 4.87. The molecule has 0 aliphatic heterocycles. The van der Waals surface area contributed by atoms with E-state index in [4.69, 9.17) is 0 Å². The molecule has 29 heavy (non-hydrogen) atoms. The van der Waals surface area contributed by atoms with E-state index in [1.165, 1.54) is 6.42 Å². The summed E-state index contributed by atoms with van der Waals surface area (Å²) in [5.41, 5.74) is 2.51. The van der Waals surface area contributed by atoms with Crippen LogP contribution < -0.4 is 5.32 Å². The number of carbonyl (C=O) groups excluding carboxylic acids is 2. The van der Waals surface area contributed by atoms with Gasteiger partial charge in [0.25, 0.3) is 0 Å². The number of nitrogens with zero attached hydrogens (tertiary/aromatic N) is 1. The first-order valence-electron chi connectivity index (χ1n) is 10.6. The Bertz CT molecular complexity index is 822. The van der Waals surface area contributed by atoms with Crippen LogP contribution in [0.2, 0.25) is 0 Å². The third-order valence-electron chi connectivity index (χ3n) is 5.96. The Kier molecular flexibility index (Phi) is 6.73. The molecule has 3 rings (SSSR count). The van der Waals surface area contributed by atoms with Gasteiger partial charge in [-0.25, -0.2) is 0 Å². The molecule has 0 radical (unpaired) electrons. The maximum absolute atomic E-state index is 13.6. The van der Waals surface area contributed by atoms with Crippen LogP contribution in [0.5, 0.6) is 0 Å². The van der Waals surface area contributed by atoms with Crippen molar-refractivity contribution in [2.24, 2.45) is 5.92 Å². The van der Waals surface area contributed by atoms with Gasteiger partial charge in [-0.05, 0) is 36.1 Å². The lowest BCUT2D eigenvalue weighted by Gasteiger charge is -2.39. The minimum atomic E-state index is -0.470. The van der Waals surface area contributed by atoms with Crippen molar-refractivity contribution in [3.05, 3.63) is 65.7 Å². The molecule has 2 aromatic rings. The van der Waals surface area contributed by atoms with E-state index in [-0.39, 0.29) is 17.7 Å². The highest BCUT2D eigenvalue weighted by atomic mass is 16.2. The van der Waals surface area contributed by atoms with Crippen LogP contribution in [-0.2, 0) is 21.5 Å². The highest BCUT2D eigenvalue weighted by Gasteiger charge is 2.42. The Morgan fingerprint density at radius 1 is 0.966 bits per heavy atom. The molecule has 1 aliphatic carbocycles. The quantitative estimate of drug-likeness (QED) is 0.740. The van der Waals surface area contributed by atoms with Gasteiger partial charge in [0, 0.05) is 25.2 Å². The van der Waals surface area contributed by atoms with Crippen LogP contribution in [0.3, 0.4) is 0 Å². The Morgan fingerprint density at radius 2 is 1.59 bits per heavy atom. The summed E-state index contributed by atoms with van der Waals surface area (Å²) in [7, 11) is 1.91. The summed E-state index contributed by atoms with van der Waals surface area (Å²) in [5.74, 6) is 0.136. The van der Waals surface area contributed by atoms with Crippen molar-refractivity contribution in [2.75, 3.05) is 12.4 Å². The Morgan fingerprint density at radius 3 is 2.17 bits per heavy atom. The number of anilines is 1. The summed E-state index contributed by atoms with van der Waals surface area (Å²) in [6.45, 7) is 4.37. The first kappa shape index (κ1) is 21.1. The van der Waals surface area contributed by atoms with Gasteiger partial charge < -0.3 is 10.2 Å². The van der Waals surface area contributed by atoms with Gasteiger partial charge in [0.15, 0.2) is 0 Å². The van der Waals surface area contributed by atoms with Gasteiger partial charge in [0.2, 0.25) is 11.8 Å². The molecular formula is C25H32N2O2. The summed E-state index contributed by atoms with van der Waals surface area (Å²) < 4.78 is 0. The third-order valence-corrected chi connectivity index (χ3v) is 5.96. The average molecular weight is 393 g/mol. The van der Waals surface area contributed by atoms with Crippen molar-refractivity contribution in [3.8, 4) is 0 Å². The number of hydrogen-bond acceptors (Lipinski definition) is 2. The van der Waals surface area contributed by atoms with Gasteiger partial charge >= 0.3 is 0 Å². The summed E-state index contributed by atoms with van der Waals surface area (Å²) in [4.78, 5) is 27.5. The molecule has 2 amide bonds. The van der Waals surface area contributed by atoms with E-state index in [1.54, 1.807) is 0 Å². The van der Waals surface area contributed by atoms with Gasteiger partial charge in [-0.3, -0.25) is 9.59 Å². The predicted octanol–water partition coefficient (Wildman–Crippen LogP) is 5.14. The molecule has 2 aromatic carbocycles. The summed E-state index contributed by atoms with van der Waals surface area (Å²) in [6, 6.07) is 18.0. The molecule has 0 unspecified atom stereocenters. The lowest BCUT2D eigenvalue weighted by Crippen LogP contribution is -2.46. The zero-order chi connectivity index (χ0) is 20.9. The van der Waals surface area contributed by atoms with E-state index in [2.05, 4.69) is 17.4 Å². The molecule has 0 heterocycles. The van der Waals surface area contributed by atoms with Crippen LogP contribution in [0, 0.1) is 5.92 Å². The van der Waals surface area contributed by atoms with Crippen LogP contribution in [0.25, 0.3) is 0 Å². The number of carbonyl (C=O) groups is 2. The van der Waals surface area contributed by atoms with Gasteiger partial charge in [-0.15, -0.1) is 0 Å². The van der Waals surface area contributed by atoms with Crippen LogP contribution in [0.15, 0.2) is 54.6 Å². The zero-order valence-electron chi connectivity index (χ0n) is 17.8.